The summed E-state index contributed by atoms with van der Waals surface area (Å²) in [5, 5.41) is 4.07. The molecule has 2 aliphatic rings. The number of amides is 1. The van der Waals surface area contributed by atoms with Gasteiger partial charge in [0, 0.05) is 50.6 Å². The zero-order chi connectivity index (χ0) is 21.8. The van der Waals surface area contributed by atoms with E-state index in [1.165, 1.54) is 0 Å². The predicted molar refractivity (Wildman–Crippen MR) is 122 cm³/mol. The molecule has 8 heteroatoms. The summed E-state index contributed by atoms with van der Waals surface area (Å²) in [5.74, 6) is 2.18. The second kappa shape index (κ2) is 9.67. The number of nitrogens with zero attached hydrogens (tertiary/aromatic N) is 4. The monoisotopic (exact) mass is 435 g/mol. The maximum atomic E-state index is 12.6. The Labute approximate surface area is 187 Å². The summed E-state index contributed by atoms with van der Waals surface area (Å²) in [5.41, 5.74) is 0.879. The van der Waals surface area contributed by atoms with E-state index in [2.05, 4.69) is 15.1 Å². The highest BCUT2D eigenvalue weighted by atomic mass is 16.5. The van der Waals surface area contributed by atoms with Crippen LogP contribution in [0, 0.1) is 0 Å². The van der Waals surface area contributed by atoms with Gasteiger partial charge in [0.25, 0.3) is 0 Å². The molecule has 5 rings (SSSR count). The van der Waals surface area contributed by atoms with Crippen LogP contribution in [0.5, 0.6) is 0 Å². The summed E-state index contributed by atoms with van der Waals surface area (Å²) in [6.45, 7) is 5.58. The van der Waals surface area contributed by atoms with Crippen molar-refractivity contribution in [2.24, 2.45) is 0 Å². The van der Waals surface area contributed by atoms with Crippen LogP contribution >= 0.6 is 0 Å². The second-order valence-electron chi connectivity index (χ2n) is 8.34. The minimum atomic E-state index is 0.0773. The molecule has 2 fully saturated rings. The smallest absolute Gasteiger partial charge is 0.221 e. The molecule has 32 heavy (non-hydrogen) atoms. The zero-order valence-electron chi connectivity index (χ0n) is 18.2. The molecule has 2 aromatic heterocycles. The Hall–Kier alpha value is -2.97. The Kier molecular flexibility index (Phi) is 6.31. The Morgan fingerprint density at radius 3 is 2.75 bits per heavy atom. The number of anilines is 1. The van der Waals surface area contributed by atoms with Crippen molar-refractivity contribution in [2.75, 3.05) is 50.8 Å². The van der Waals surface area contributed by atoms with Crippen molar-refractivity contribution in [2.45, 2.75) is 25.3 Å². The van der Waals surface area contributed by atoms with Crippen LogP contribution < -0.4 is 10.2 Å². The fraction of sp³-hybridized carbons (Fsp3) is 0.458. The minimum Gasteiger partial charge on any atom is -0.461 e. The fourth-order valence-corrected chi connectivity index (χ4v) is 4.13. The van der Waals surface area contributed by atoms with Crippen molar-refractivity contribution in [3.05, 3.63) is 42.7 Å². The molecule has 0 unspecified atom stereocenters. The molecule has 0 spiro atoms. The van der Waals surface area contributed by atoms with Gasteiger partial charge in [-0.25, -0.2) is 9.97 Å². The molecule has 0 radical (unpaired) electrons. The summed E-state index contributed by atoms with van der Waals surface area (Å²) >= 11 is 0. The van der Waals surface area contributed by atoms with E-state index in [0.717, 1.165) is 62.4 Å². The first kappa shape index (κ1) is 20.9. The van der Waals surface area contributed by atoms with E-state index in [-0.39, 0.29) is 5.91 Å². The Bertz CT molecular complexity index is 1040. The van der Waals surface area contributed by atoms with Crippen molar-refractivity contribution >= 4 is 22.6 Å². The van der Waals surface area contributed by atoms with Crippen LogP contribution in [0.4, 0.5) is 5.82 Å². The summed E-state index contributed by atoms with van der Waals surface area (Å²) in [7, 11) is 0. The molecular formula is C24H29N5O3. The second-order valence-corrected chi connectivity index (χ2v) is 8.34. The van der Waals surface area contributed by atoms with Gasteiger partial charge in [-0.05, 0) is 37.1 Å². The summed E-state index contributed by atoms with van der Waals surface area (Å²) in [6.07, 6.45) is 4.31. The lowest BCUT2D eigenvalue weighted by atomic mass is 10.2. The number of morpholine rings is 1. The highest BCUT2D eigenvalue weighted by Crippen LogP contribution is 2.35. The molecule has 1 N–H and O–H groups in total. The number of hydrogen-bond acceptors (Lipinski definition) is 7. The quantitative estimate of drug-likeness (QED) is 0.553. The van der Waals surface area contributed by atoms with Gasteiger partial charge in [-0.2, -0.15) is 0 Å². The molecule has 1 saturated heterocycles. The van der Waals surface area contributed by atoms with E-state index in [9.17, 15) is 4.79 Å². The fourth-order valence-electron chi connectivity index (χ4n) is 4.13. The van der Waals surface area contributed by atoms with E-state index < -0.39 is 0 Å². The number of hydrogen-bond donors (Lipinski definition) is 1. The van der Waals surface area contributed by atoms with Crippen LogP contribution in [-0.4, -0.2) is 72.8 Å². The molecule has 0 bridgehead atoms. The molecule has 168 valence electrons. The largest absolute Gasteiger partial charge is 0.461 e. The molecule has 0 atom stereocenters. The Morgan fingerprint density at radius 2 is 1.97 bits per heavy atom. The van der Waals surface area contributed by atoms with Crippen molar-refractivity contribution in [1.82, 2.24) is 20.2 Å². The van der Waals surface area contributed by atoms with Gasteiger partial charge in [0.1, 0.15) is 5.82 Å². The molecule has 1 aliphatic carbocycles. The molecule has 3 heterocycles. The highest BCUT2D eigenvalue weighted by molar-refractivity contribution is 5.91. The topological polar surface area (TPSA) is 83.7 Å². The van der Waals surface area contributed by atoms with Gasteiger partial charge in [-0.3, -0.25) is 9.69 Å². The van der Waals surface area contributed by atoms with Crippen molar-refractivity contribution in [1.29, 1.82) is 0 Å². The van der Waals surface area contributed by atoms with Crippen LogP contribution in [-0.2, 0) is 9.53 Å². The third-order valence-electron chi connectivity index (χ3n) is 6.02. The molecule has 1 aromatic carbocycles. The number of rotatable bonds is 9. The normalized spacial score (nSPS) is 16.9. The van der Waals surface area contributed by atoms with Crippen LogP contribution in [0.25, 0.3) is 22.5 Å². The van der Waals surface area contributed by atoms with Gasteiger partial charge in [0.05, 0.1) is 25.0 Å². The number of para-hydroxylation sites is 1. The number of benzene rings is 1. The van der Waals surface area contributed by atoms with E-state index in [1.807, 2.05) is 36.4 Å². The van der Waals surface area contributed by atoms with Crippen LogP contribution in [0.15, 0.2) is 47.1 Å². The first-order valence-electron chi connectivity index (χ1n) is 11.4. The van der Waals surface area contributed by atoms with Crippen LogP contribution in [0.1, 0.15) is 19.3 Å². The number of carbonyl (C=O) groups excluding carboxylic acids is 1. The number of aromatic nitrogens is 2. The van der Waals surface area contributed by atoms with E-state index in [0.29, 0.717) is 37.1 Å². The van der Waals surface area contributed by atoms with Gasteiger partial charge < -0.3 is 19.4 Å². The standard InChI is InChI=1S/C24H29N5O3/c30-22(25-10-12-28-13-16-31-17-14-28)9-11-29(18-7-8-18)24-19-4-1-2-5-20(19)26-23(27-24)21-6-3-15-32-21/h1-6,15,18H,7-14,16-17H2,(H,25,30). The summed E-state index contributed by atoms with van der Waals surface area (Å²) in [4.78, 5) is 26.7. The zero-order valence-corrected chi connectivity index (χ0v) is 18.2. The van der Waals surface area contributed by atoms with Crippen molar-refractivity contribution in [3.8, 4) is 11.6 Å². The van der Waals surface area contributed by atoms with E-state index in [1.54, 1.807) is 6.26 Å². The van der Waals surface area contributed by atoms with Gasteiger partial charge in [0.15, 0.2) is 11.6 Å². The number of nitrogens with one attached hydrogen (secondary N) is 1. The van der Waals surface area contributed by atoms with Crippen LogP contribution in [0.3, 0.4) is 0 Å². The summed E-state index contributed by atoms with van der Waals surface area (Å²) < 4.78 is 10.9. The maximum Gasteiger partial charge on any atom is 0.221 e. The molecule has 1 aliphatic heterocycles. The molecular weight excluding hydrogens is 406 g/mol. The Morgan fingerprint density at radius 1 is 1.12 bits per heavy atom. The van der Waals surface area contributed by atoms with E-state index >= 15 is 0 Å². The van der Waals surface area contributed by atoms with Gasteiger partial charge >= 0.3 is 0 Å². The molecule has 1 saturated carbocycles. The first-order chi connectivity index (χ1) is 15.8. The maximum absolute atomic E-state index is 12.6. The average molecular weight is 436 g/mol. The van der Waals surface area contributed by atoms with Crippen LogP contribution in [0.2, 0.25) is 0 Å². The molecule has 1 amide bonds. The average Bonchev–Trinajstić information content (AvgIpc) is 3.51. The third-order valence-corrected chi connectivity index (χ3v) is 6.02. The molecule has 8 nitrogen and oxygen atoms in total. The third kappa shape index (κ3) is 4.92. The van der Waals surface area contributed by atoms with Gasteiger partial charge in [-0.15, -0.1) is 0 Å². The minimum absolute atomic E-state index is 0.0773. The van der Waals surface area contributed by atoms with Crippen molar-refractivity contribution < 1.29 is 13.9 Å². The number of carbonyl (C=O) groups is 1. The molecule has 3 aromatic rings. The lowest BCUT2D eigenvalue weighted by Gasteiger charge is -2.27. The Balaban J connectivity index is 1.28. The number of ether oxygens (including phenoxy) is 1. The lowest BCUT2D eigenvalue weighted by molar-refractivity contribution is -0.121. The van der Waals surface area contributed by atoms with Crippen molar-refractivity contribution in [3.63, 3.8) is 0 Å². The SMILES string of the molecule is O=C(CCN(c1nc(-c2ccco2)nc2ccccc12)C1CC1)NCCN1CCOCC1. The lowest BCUT2D eigenvalue weighted by Crippen LogP contribution is -2.41. The predicted octanol–water partition coefficient (Wildman–Crippen LogP) is 2.70. The summed E-state index contributed by atoms with van der Waals surface area (Å²) in [6, 6.07) is 12.2. The first-order valence-corrected chi connectivity index (χ1v) is 11.4. The van der Waals surface area contributed by atoms with Gasteiger partial charge in [-0.1, -0.05) is 12.1 Å². The number of fused-ring (bicyclic) bond motifs is 1. The highest BCUT2D eigenvalue weighted by Gasteiger charge is 2.32. The van der Waals surface area contributed by atoms with Gasteiger partial charge in [0.2, 0.25) is 5.91 Å². The van der Waals surface area contributed by atoms with E-state index in [4.69, 9.17) is 19.1 Å². The number of furan rings is 1.